The maximum absolute atomic E-state index is 11.2. The third-order valence-electron chi connectivity index (χ3n) is 2.99. The van der Waals surface area contributed by atoms with Gasteiger partial charge in [0.05, 0.1) is 12.6 Å². The predicted octanol–water partition coefficient (Wildman–Crippen LogP) is 0.869. The lowest BCUT2D eigenvalue weighted by Gasteiger charge is -2.15. The molecule has 1 N–H and O–H groups in total. The SMILES string of the molecule is CNC(=O)CN1CCC(CCOC(C)C)C1. The number of likely N-dealkylation sites (tertiary alicyclic amines) is 1. The van der Waals surface area contributed by atoms with Crippen LogP contribution in [0.5, 0.6) is 0 Å². The summed E-state index contributed by atoms with van der Waals surface area (Å²) in [6.45, 7) is 7.59. The third kappa shape index (κ3) is 4.94. The molecular formula is C12H24N2O2. The summed E-state index contributed by atoms with van der Waals surface area (Å²) in [6, 6.07) is 0. The van der Waals surface area contributed by atoms with E-state index in [0.29, 0.717) is 18.6 Å². The van der Waals surface area contributed by atoms with Gasteiger partial charge in [0.2, 0.25) is 5.91 Å². The largest absolute Gasteiger partial charge is 0.379 e. The van der Waals surface area contributed by atoms with Crippen molar-refractivity contribution in [3.63, 3.8) is 0 Å². The second kappa shape index (κ2) is 6.86. The number of nitrogens with one attached hydrogen (secondary N) is 1. The minimum absolute atomic E-state index is 0.110. The molecule has 0 aliphatic carbocycles. The van der Waals surface area contributed by atoms with E-state index in [1.165, 1.54) is 6.42 Å². The van der Waals surface area contributed by atoms with Crippen LogP contribution in [0, 0.1) is 5.92 Å². The van der Waals surface area contributed by atoms with Crippen LogP contribution in [0.4, 0.5) is 0 Å². The lowest BCUT2D eigenvalue weighted by atomic mass is 10.1. The van der Waals surface area contributed by atoms with Gasteiger partial charge in [-0.3, -0.25) is 9.69 Å². The van der Waals surface area contributed by atoms with Crippen molar-refractivity contribution in [1.82, 2.24) is 10.2 Å². The molecule has 1 aliphatic heterocycles. The summed E-state index contributed by atoms with van der Waals surface area (Å²) in [5.41, 5.74) is 0. The van der Waals surface area contributed by atoms with Crippen molar-refractivity contribution in [2.45, 2.75) is 32.8 Å². The van der Waals surface area contributed by atoms with Crippen molar-refractivity contribution in [2.24, 2.45) is 5.92 Å². The number of likely N-dealkylation sites (N-methyl/N-ethyl adjacent to an activating group) is 1. The quantitative estimate of drug-likeness (QED) is 0.733. The highest BCUT2D eigenvalue weighted by Gasteiger charge is 2.23. The maximum atomic E-state index is 11.2. The number of carbonyl (C=O) groups is 1. The van der Waals surface area contributed by atoms with Gasteiger partial charge in [0.25, 0.3) is 0 Å². The lowest BCUT2D eigenvalue weighted by Crippen LogP contribution is -2.34. The van der Waals surface area contributed by atoms with Crippen molar-refractivity contribution in [2.75, 3.05) is 33.3 Å². The minimum Gasteiger partial charge on any atom is -0.379 e. The molecule has 0 radical (unpaired) electrons. The Balaban J connectivity index is 2.12. The summed E-state index contributed by atoms with van der Waals surface area (Å²) in [5, 5.41) is 2.66. The Hall–Kier alpha value is -0.610. The molecule has 1 unspecified atom stereocenters. The zero-order valence-electron chi connectivity index (χ0n) is 10.7. The summed E-state index contributed by atoms with van der Waals surface area (Å²) < 4.78 is 5.54. The van der Waals surface area contributed by atoms with E-state index in [2.05, 4.69) is 24.1 Å². The molecule has 1 aliphatic rings. The van der Waals surface area contributed by atoms with Gasteiger partial charge in [-0.1, -0.05) is 0 Å². The van der Waals surface area contributed by atoms with Gasteiger partial charge in [-0.05, 0) is 39.2 Å². The van der Waals surface area contributed by atoms with Gasteiger partial charge in [-0.25, -0.2) is 0 Å². The molecule has 1 saturated heterocycles. The summed E-state index contributed by atoms with van der Waals surface area (Å²) >= 11 is 0. The van der Waals surface area contributed by atoms with Gasteiger partial charge in [0, 0.05) is 20.2 Å². The highest BCUT2D eigenvalue weighted by molar-refractivity contribution is 5.77. The second-order valence-corrected chi connectivity index (χ2v) is 4.77. The van der Waals surface area contributed by atoms with Gasteiger partial charge in [-0.2, -0.15) is 0 Å². The molecule has 4 heteroatoms. The average Bonchev–Trinajstić information content (AvgIpc) is 2.65. The molecule has 0 aromatic carbocycles. The Bertz CT molecular complexity index is 219. The zero-order valence-corrected chi connectivity index (χ0v) is 10.7. The molecule has 1 fully saturated rings. The molecule has 94 valence electrons. The Morgan fingerprint density at radius 1 is 1.56 bits per heavy atom. The molecule has 0 bridgehead atoms. The predicted molar refractivity (Wildman–Crippen MR) is 64.3 cm³/mol. The van der Waals surface area contributed by atoms with E-state index < -0.39 is 0 Å². The smallest absolute Gasteiger partial charge is 0.233 e. The Labute approximate surface area is 98.3 Å². The molecule has 0 spiro atoms. The fourth-order valence-corrected chi connectivity index (χ4v) is 2.04. The first-order chi connectivity index (χ1) is 7.61. The molecule has 0 aromatic heterocycles. The van der Waals surface area contributed by atoms with Gasteiger partial charge in [-0.15, -0.1) is 0 Å². The first kappa shape index (κ1) is 13.5. The molecule has 1 rings (SSSR count). The lowest BCUT2D eigenvalue weighted by molar-refractivity contribution is -0.121. The van der Waals surface area contributed by atoms with Gasteiger partial charge >= 0.3 is 0 Å². The highest BCUT2D eigenvalue weighted by atomic mass is 16.5. The van der Waals surface area contributed by atoms with Gasteiger partial charge in [0.1, 0.15) is 0 Å². The number of hydrogen-bond acceptors (Lipinski definition) is 3. The number of nitrogens with zero attached hydrogens (tertiary/aromatic N) is 1. The van der Waals surface area contributed by atoms with Crippen LogP contribution in [0.1, 0.15) is 26.7 Å². The molecule has 0 aromatic rings. The Kier molecular flexibility index (Phi) is 5.77. The maximum Gasteiger partial charge on any atom is 0.233 e. The van der Waals surface area contributed by atoms with Crippen LogP contribution in [0.2, 0.25) is 0 Å². The zero-order chi connectivity index (χ0) is 12.0. The van der Waals surface area contributed by atoms with E-state index in [1.54, 1.807) is 7.05 Å². The van der Waals surface area contributed by atoms with Gasteiger partial charge < -0.3 is 10.1 Å². The Morgan fingerprint density at radius 2 is 2.31 bits per heavy atom. The van der Waals surface area contributed by atoms with Crippen LogP contribution in [-0.4, -0.2) is 50.2 Å². The van der Waals surface area contributed by atoms with E-state index >= 15 is 0 Å². The van der Waals surface area contributed by atoms with Crippen LogP contribution in [0.25, 0.3) is 0 Å². The minimum atomic E-state index is 0.110. The van der Waals surface area contributed by atoms with Gasteiger partial charge in [0.15, 0.2) is 0 Å². The van der Waals surface area contributed by atoms with Crippen molar-refractivity contribution >= 4 is 5.91 Å². The first-order valence-electron chi connectivity index (χ1n) is 6.16. The molecular weight excluding hydrogens is 204 g/mol. The number of carbonyl (C=O) groups excluding carboxylic acids is 1. The van der Waals surface area contributed by atoms with Crippen LogP contribution in [0.15, 0.2) is 0 Å². The van der Waals surface area contributed by atoms with E-state index in [9.17, 15) is 4.79 Å². The molecule has 16 heavy (non-hydrogen) atoms. The standard InChI is InChI=1S/C12H24N2O2/c1-10(2)16-7-5-11-4-6-14(8-11)9-12(15)13-3/h10-11H,4-9H2,1-3H3,(H,13,15). The number of rotatable bonds is 6. The summed E-state index contributed by atoms with van der Waals surface area (Å²) in [5.74, 6) is 0.808. The molecule has 1 amide bonds. The Morgan fingerprint density at radius 3 is 2.94 bits per heavy atom. The topological polar surface area (TPSA) is 41.6 Å². The summed E-state index contributed by atoms with van der Waals surface area (Å²) in [6.07, 6.45) is 2.63. The number of hydrogen-bond donors (Lipinski definition) is 1. The van der Waals surface area contributed by atoms with Crippen LogP contribution in [-0.2, 0) is 9.53 Å². The van der Waals surface area contributed by atoms with Crippen LogP contribution >= 0.6 is 0 Å². The second-order valence-electron chi connectivity index (χ2n) is 4.77. The summed E-state index contributed by atoms with van der Waals surface area (Å²) in [4.78, 5) is 13.4. The molecule has 0 saturated carbocycles. The van der Waals surface area contributed by atoms with E-state index in [-0.39, 0.29) is 5.91 Å². The molecule has 4 nitrogen and oxygen atoms in total. The highest BCUT2D eigenvalue weighted by Crippen LogP contribution is 2.19. The summed E-state index contributed by atoms with van der Waals surface area (Å²) in [7, 11) is 1.69. The average molecular weight is 228 g/mol. The van der Waals surface area contributed by atoms with E-state index in [4.69, 9.17) is 4.74 Å². The number of amides is 1. The van der Waals surface area contributed by atoms with Crippen molar-refractivity contribution in [3.05, 3.63) is 0 Å². The fraction of sp³-hybridized carbons (Fsp3) is 0.917. The first-order valence-corrected chi connectivity index (χ1v) is 6.16. The van der Waals surface area contributed by atoms with Crippen LogP contribution in [0.3, 0.4) is 0 Å². The van der Waals surface area contributed by atoms with Crippen molar-refractivity contribution in [1.29, 1.82) is 0 Å². The van der Waals surface area contributed by atoms with E-state index in [0.717, 1.165) is 26.1 Å². The molecule has 1 heterocycles. The molecule has 1 atom stereocenters. The monoisotopic (exact) mass is 228 g/mol. The van der Waals surface area contributed by atoms with Crippen molar-refractivity contribution < 1.29 is 9.53 Å². The van der Waals surface area contributed by atoms with E-state index in [1.807, 2.05) is 0 Å². The van der Waals surface area contributed by atoms with Crippen LogP contribution < -0.4 is 5.32 Å². The fourth-order valence-electron chi connectivity index (χ4n) is 2.04. The third-order valence-corrected chi connectivity index (χ3v) is 2.99. The normalized spacial score (nSPS) is 21.6. The number of ether oxygens (including phenoxy) is 1. The van der Waals surface area contributed by atoms with Crippen molar-refractivity contribution in [3.8, 4) is 0 Å².